The summed E-state index contributed by atoms with van der Waals surface area (Å²) in [5, 5.41) is 21.5. The molecule has 1 aliphatic heterocycles. The van der Waals surface area contributed by atoms with Crippen molar-refractivity contribution in [1.29, 1.82) is 0 Å². The number of aromatic carboxylic acids is 1. The molecule has 174 valence electrons. The maximum absolute atomic E-state index is 12.7. The number of aryl methyl sites for hydroxylation is 2. The predicted octanol–water partition coefficient (Wildman–Crippen LogP) is 3.77. The first-order chi connectivity index (χ1) is 16.4. The van der Waals surface area contributed by atoms with Gasteiger partial charge in [0.15, 0.2) is 5.13 Å². The summed E-state index contributed by atoms with van der Waals surface area (Å²) < 4.78 is 5.10. The molecule has 3 aromatic heterocycles. The SMILES string of the molecule is Cc1nc(-c2ccc3ccnc(N[C@@H]4CCN(C(=O)Nc5nc(C)c(C(=O)O)s5)C4)c3c2)no1. The van der Waals surface area contributed by atoms with Crippen LogP contribution in [0.25, 0.3) is 22.2 Å². The summed E-state index contributed by atoms with van der Waals surface area (Å²) in [5.41, 5.74) is 1.21. The standard InChI is InChI=1S/C22H21N7O4S/c1-11-17(20(30)31)34-21(24-11)27-22(32)29-8-6-15(10-29)26-19-16-9-14(18-25-12(2)33-28-18)4-3-13(16)5-7-23-19/h3-5,7,9,15H,6,8,10H2,1-2H3,(H,23,26)(H,30,31)(H,24,27,32)/t15-/m1/s1. The Morgan fingerprint density at radius 3 is 2.82 bits per heavy atom. The van der Waals surface area contributed by atoms with Gasteiger partial charge in [0.1, 0.15) is 10.7 Å². The van der Waals surface area contributed by atoms with Crippen LogP contribution in [0.1, 0.15) is 27.7 Å². The Kier molecular flexibility index (Phi) is 5.57. The van der Waals surface area contributed by atoms with E-state index in [1.807, 2.05) is 24.3 Å². The highest BCUT2D eigenvalue weighted by atomic mass is 32.1. The highest BCUT2D eigenvalue weighted by Gasteiger charge is 2.28. The van der Waals surface area contributed by atoms with Crippen LogP contribution in [0, 0.1) is 13.8 Å². The molecule has 0 radical (unpaired) electrons. The third-order valence-electron chi connectivity index (χ3n) is 5.57. The number of fused-ring (bicyclic) bond motifs is 1. The summed E-state index contributed by atoms with van der Waals surface area (Å²) in [7, 11) is 0. The van der Waals surface area contributed by atoms with Crippen LogP contribution in [0.15, 0.2) is 35.0 Å². The monoisotopic (exact) mass is 479 g/mol. The lowest BCUT2D eigenvalue weighted by molar-refractivity contribution is 0.0701. The molecule has 1 atom stereocenters. The number of likely N-dealkylation sites (tertiary alicyclic amines) is 1. The number of thiazole rings is 1. The van der Waals surface area contributed by atoms with Gasteiger partial charge in [0.2, 0.25) is 11.7 Å². The highest BCUT2D eigenvalue weighted by Crippen LogP contribution is 2.28. The molecule has 3 N–H and O–H groups in total. The second-order valence-corrected chi connectivity index (χ2v) is 8.98. The van der Waals surface area contributed by atoms with E-state index in [1.165, 1.54) is 0 Å². The van der Waals surface area contributed by atoms with E-state index in [1.54, 1.807) is 24.9 Å². The van der Waals surface area contributed by atoms with Crippen LogP contribution in [0.3, 0.4) is 0 Å². The number of nitrogens with zero attached hydrogens (tertiary/aromatic N) is 5. The average molecular weight is 480 g/mol. The molecule has 5 rings (SSSR count). The number of carboxylic acid groups (broad SMARTS) is 1. The van der Waals surface area contributed by atoms with E-state index in [-0.39, 0.29) is 22.1 Å². The zero-order chi connectivity index (χ0) is 23.8. The van der Waals surface area contributed by atoms with Crippen molar-refractivity contribution in [2.75, 3.05) is 23.7 Å². The number of carbonyl (C=O) groups excluding carboxylic acids is 1. The molecule has 1 saturated heterocycles. The maximum Gasteiger partial charge on any atom is 0.347 e. The van der Waals surface area contributed by atoms with Gasteiger partial charge in [-0.2, -0.15) is 4.98 Å². The van der Waals surface area contributed by atoms with Crippen LogP contribution < -0.4 is 10.6 Å². The van der Waals surface area contributed by atoms with Gasteiger partial charge < -0.3 is 19.8 Å². The Labute approximate surface area is 197 Å². The molecule has 0 spiro atoms. The van der Waals surface area contributed by atoms with Crippen molar-refractivity contribution >= 4 is 45.1 Å². The fourth-order valence-corrected chi connectivity index (χ4v) is 4.71. The van der Waals surface area contributed by atoms with Gasteiger partial charge in [-0.1, -0.05) is 28.6 Å². The smallest absolute Gasteiger partial charge is 0.347 e. The van der Waals surface area contributed by atoms with E-state index in [9.17, 15) is 14.7 Å². The first kappa shape index (κ1) is 21.8. The molecule has 34 heavy (non-hydrogen) atoms. The van der Waals surface area contributed by atoms with E-state index < -0.39 is 5.97 Å². The summed E-state index contributed by atoms with van der Waals surface area (Å²) in [6.07, 6.45) is 2.49. The van der Waals surface area contributed by atoms with Gasteiger partial charge in [-0.25, -0.2) is 19.6 Å². The van der Waals surface area contributed by atoms with Gasteiger partial charge in [0.05, 0.1) is 5.69 Å². The molecular weight excluding hydrogens is 458 g/mol. The molecule has 0 aliphatic carbocycles. The number of urea groups is 1. The molecule has 11 nitrogen and oxygen atoms in total. The molecule has 1 fully saturated rings. The fourth-order valence-electron chi connectivity index (χ4n) is 3.91. The van der Waals surface area contributed by atoms with Crippen molar-refractivity contribution < 1.29 is 19.2 Å². The third-order valence-corrected chi connectivity index (χ3v) is 6.63. The topological polar surface area (TPSA) is 146 Å². The Morgan fingerprint density at radius 2 is 2.09 bits per heavy atom. The lowest BCUT2D eigenvalue weighted by Crippen LogP contribution is -2.35. The Hall–Kier alpha value is -4.06. The summed E-state index contributed by atoms with van der Waals surface area (Å²) in [6.45, 7) is 4.38. The molecule has 1 aromatic carbocycles. The van der Waals surface area contributed by atoms with Gasteiger partial charge in [0, 0.05) is 43.2 Å². The van der Waals surface area contributed by atoms with E-state index in [0.29, 0.717) is 36.3 Å². The zero-order valence-electron chi connectivity index (χ0n) is 18.4. The zero-order valence-corrected chi connectivity index (χ0v) is 19.2. The quantitative estimate of drug-likeness (QED) is 0.389. The number of rotatable bonds is 5. The number of benzene rings is 1. The van der Waals surface area contributed by atoms with Crippen LogP contribution >= 0.6 is 11.3 Å². The van der Waals surface area contributed by atoms with E-state index in [2.05, 4.69) is 30.7 Å². The predicted molar refractivity (Wildman–Crippen MR) is 126 cm³/mol. The Bertz CT molecular complexity index is 1400. The molecule has 2 amide bonds. The normalized spacial score (nSPS) is 15.6. The van der Waals surface area contributed by atoms with Gasteiger partial charge >= 0.3 is 12.0 Å². The molecule has 0 saturated carbocycles. The van der Waals surface area contributed by atoms with Gasteiger partial charge in [0.25, 0.3) is 0 Å². The molecule has 4 heterocycles. The van der Waals surface area contributed by atoms with Crippen molar-refractivity contribution in [3.05, 3.63) is 46.9 Å². The van der Waals surface area contributed by atoms with Crippen molar-refractivity contribution in [3.8, 4) is 11.4 Å². The average Bonchev–Trinajstić information content (AvgIpc) is 3.54. The van der Waals surface area contributed by atoms with Crippen molar-refractivity contribution in [1.82, 2.24) is 25.0 Å². The highest BCUT2D eigenvalue weighted by molar-refractivity contribution is 7.17. The first-order valence-electron chi connectivity index (χ1n) is 10.6. The fraction of sp³-hybridized carbons (Fsp3) is 0.273. The van der Waals surface area contributed by atoms with Crippen LogP contribution in [0.2, 0.25) is 0 Å². The Morgan fingerprint density at radius 1 is 1.24 bits per heavy atom. The lowest BCUT2D eigenvalue weighted by atomic mass is 10.1. The molecule has 0 unspecified atom stereocenters. The second kappa shape index (κ2) is 8.71. The maximum atomic E-state index is 12.7. The van der Waals surface area contributed by atoms with Crippen molar-refractivity contribution in [2.45, 2.75) is 26.3 Å². The number of pyridine rings is 1. The summed E-state index contributed by atoms with van der Waals surface area (Å²) in [4.78, 5) is 38.6. The minimum Gasteiger partial charge on any atom is -0.477 e. The van der Waals surface area contributed by atoms with Gasteiger partial charge in [-0.05, 0) is 30.9 Å². The third kappa shape index (κ3) is 4.27. The summed E-state index contributed by atoms with van der Waals surface area (Å²) in [6, 6.07) is 7.52. The number of carboxylic acids is 1. The lowest BCUT2D eigenvalue weighted by Gasteiger charge is -2.18. The van der Waals surface area contributed by atoms with Crippen molar-refractivity contribution in [2.24, 2.45) is 0 Å². The minimum atomic E-state index is -1.05. The Balaban J connectivity index is 1.29. The molecule has 0 bridgehead atoms. The van der Waals surface area contributed by atoms with Crippen molar-refractivity contribution in [3.63, 3.8) is 0 Å². The largest absolute Gasteiger partial charge is 0.477 e. The number of carbonyl (C=O) groups is 2. The van der Waals surface area contributed by atoms with Crippen LogP contribution in [0.5, 0.6) is 0 Å². The van der Waals surface area contributed by atoms with Gasteiger partial charge in [-0.3, -0.25) is 5.32 Å². The molecular formula is C22H21N7O4S. The number of nitrogens with one attached hydrogen (secondary N) is 2. The molecule has 12 heteroatoms. The van der Waals surface area contributed by atoms with Crippen LogP contribution in [0.4, 0.5) is 15.7 Å². The number of hydrogen-bond acceptors (Lipinski definition) is 9. The molecule has 1 aliphatic rings. The van der Waals surface area contributed by atoms with Crippen LogP contribution in [-0.4, -0.2) is 61.2 Å². The van der Waals surface area contributed by atoms with Gasteiger partial charge in [-0.15, -0.1) is 0 Å². The van der Waals surface area contributed by atoms with E-state index in [4.69, 9.17) is 4.52 Å². The van der Waals surface area contributed by atoms with E-state index >= 15 is 0 Å². The molecule has 4 aromatic rings. The number of hydrogen-bond donors (Lipinski definition) is 3. The van der Waals surface area contributed by atoms with E-state index in [0.717, 1.165) is 34.1 Å². The summed E-state index contributed by atoms with van der Waals surface area (Å²) >= 11 is 0.949. The first-order valence-corrected chi connectivity index (χ1v) is 11.4. The second-order valence-electron chi connectivity index (χ2n) is 7.98. The number of amides is 2. The minimum absolute atomic E-state index is 0.00698. The number of aromatic nitrogens is 4. The number of anilines is 2. The van der Waals surface area contributed by atoms with Crippen LogP contribution in [-0.2, 0) is 0 Å². The summed E-state index contributed by atoms with van der Waals surface area (Å²) in [5.74, 6) is 0.673.